The van der Waals surface area contributed by atoms with Crippen molar-refractivity contribution < 1.29 is 14.6 Å². The van der Waals surface area contributed by atoms with Crippen LogP contribution in [0.4, 0.5) is 0 Å². The van der Waals surface area contributed by atoms with Gasteiger partial charge in [0.15, 0.2) is 5.16 Å². The quantitative estimate of drug-likeness (QED) is 0.813. The van der Waals surface area contributed by atoms with E-state index in [1.165, 1.54) is 11.8 Å². The maximum Gasteiger partial charge on any atom is 0.313 e. The Kier molecular flexibility index (Phi) is 4.63. The predicted molar refractivity (Wildman–Crippen MR) is 80.7 cm³/mol. The summed E-state index contributed by atoms with van der Waals surface area (Å²) in [6.07, 6.45) is 1.12. The maximum atomic E-state index is 10.8. The highest BCUT2D eigenvalue weighted by Crippen LogP contribution is 2.52. The molecule has 0 amide bonds. The molecule has 0 saturated heterocycles. The van der Waals surface area contributed by atoms with Crippen LogP contribution in [-0.4, -0.2) is 44.8 Å². The number of thioether (sulfide) groups is 1. The maximum absolute atomic E-state index is 10.8. The average molecular weight is 313 g/mol. The molecular weight excluding hydrogens is 290 g/mol. The zero-order valence-corrected chi connectivity index (χ0v) is 14.0. The van der Waals surface area contributed by atoms with Gasteiger partial charge in [0.2, 0.25) is 0 Å². The number of carboxylic acid groups (broad SMARTS) is 1. The molecular formula is C14H23N3O3S. The second-order valence-corrected chi connectivity index (χ2v) is 7.29. The van der Waals surface area contributed by atoms with Gasteiger partial charge in [0.1, 0.15) is 5.82 Å². The van der Waals surface area contributed by atoms with Crippen LogP contribution < -0.4 is 0 Å². The van der Waals surface area contributed by atoms with Crippen LogP contribution in [0, 0.1) is 5.41 Å². The van der Waals surface area contributed by atoms with Crippen LogP contribution in [0.3, 0.4) is 0 Å². The minimum absolute atomic E-state index is 0.00289. The van der Waals surface area contributed by atoms with E-state index >= 15 is 0 Å². The van der Waals surface area contributed by atoms with Crippen LogP contribution in [0.15, 0.2) is 5.16 Å². The molecule has 1 aliphatic carbocycles. The summed E-state index contributed by atoms with van der Waals surface area (Å²) in [7, 11) is 1.73. The number of rotatable bonds is 6. The fourth-order valence-corrected chi connectivity index (χ4v) is 3.61. The van der Waals surface area contributed by atoms with Gasteiger partial charge >= 0.3 is 5.97 Å². The van der Waals surface area contributed by atoms with E-state index in [0.29, 0.717) is 5.16 Å². The summed E-state index contributed by atoms with van der Waals surface area (Å²) in [6, 6.07) is 0.242. The molecule has 118 valence electrons. The van der Waals surface area contributed by atoms with E-state index in [2.05, 4.69) is 42.5 Å². The molecule has 0 radical (unpaired) electrons. The Balaban J connectivity index is 2.32. The minimum Gasteiger partial charge on any atom is -0.481 e. The van der Waals surface area contributed by atoms with Gasteiger partial charge in [-0.3, -0.25) is 4.79 Å². The lowest BCUT2D eigenvalue weighted by Gasteiger charge is -2.52. The molecule has 0 bridgehead atoms. The number of carbonyl (C=O) groups is 1. The van der Waals surface area contributed by atoms with Gasteiger partial charge in [-0.05, 0) is 6.42 Å². The predicted octanol–water partition coefficient (Wildman–Crippen LogP) is 2.56. The monoisotopic (exact) mass is 313 g/mol. The lowest BCUT2D eigenvalue weighted by molar-refractivity contribution is -0.133. The number of aliphatic carboxylic acids is 1. The van der Waals surface area contributed by atoms with Crippen molar-refractivity contribution in [2.24, 2.45) is 5.41 Å². The summed E-state index contributed by atoms with van der Waals surface area (Å²) in [5.74, 6) is 0.310. The molecule has 2 rings (SSSR count). The van der Waals surface area contributed by atoms with Gasteiger partial charge in [-0.2, -0.15) is 0 Å². The first-order valence-corrected chi connectivity index (χ1v) is 8.09. The van der Waals surface area contributed by atoms with Gasteiger partial charge in [0.25, 0.3) is 0 Å². The molecule has 1 fully saturated rings. The lowest BCUT2D eigenvalue weighted by atomic mass is 9.64. The van der Waals surface area contributed by atoms with Crippen molar-refractivity contribution in [3.63, 3.8) is 0 Å². The van der Waals surface area contributed by atoms with Crippen LogP contribution in [0.5, 0.6) is 0 Å². The highest BCUT2D eigenvalue weighted by atomic mass is 32.2. The van der Waals surface area contributed by atoms with E-state index in [1.54, 1.807) is 7.11 Å². The van der Waals surface area contributed by atoms with E-state index in [9.17, 15) is 4.79 Å². The van der Waals surface area contributed by atoms with Gasteiger partial charge in [0, 0.05) is 24.5 Å². The molecule has 7 heteroatoms. The number of nitrogens with zero attached hydrogens (tertiary/aromatic N) is 3. The van der Waals surface area contributed by atoms with Crippen LogP contribution in [0.1, 0.15) is 51.9 Å². The molecule has 0 aliphatic heterocycles. The van der Waals surface area contributed by atoms with Crippen molar-refractivity contribution in [3.05, 3.63) is 5.82 Å². The summed E-state index contributed by atoms with van der Waals surface area (Å²) < 4.78 is 7.63. The molecule has 1 N–H and O–H groups in total. The summed E-state index contributed by atoms with van der Waals surface area (Å²) in [5.41, 5.74) is -0.0146. The zero-order chi connectivity index (χ0) is 15.8. The molecule has 2 atom stereocenters. The lowest BCUT2D eigenvalue weighted by Crippen LogP contribution is -2.51. The molecule has 1 aromatic rings. The Hall–Kier alpha value is -1.08. The third-order valence-corrected chi connectivity index (χ3v) is 5.18. The molecule has 6 nitrogen and oxygen atoms in total. The first-order valence-electron chi connectivity index (χ1n) is 7.11. The summed E-state index contributed by atoms with van der Waals surface area (Å²) in [5, 5.41) is 18.0. The highest BCUT2D eigenvalue weighted by Gasteiger charge is 2.51. The number of methoxy groups -OCH3 is 1. The Morgan fingerprint density at radius 1 is 1.52 bits per heavy atom. The van der Waals surface area contributed by atoms with Gasteiger partial charge in [-0.15, -0.1) is 10.2 Å². The van der Waals surface area contributed by atoms with Crippen molar-refractivity contribution in [3.8, 4) is 0 Å². The first kappa shape index (κ1) is 16.3. The van der Waals surface area contributed by atoms with Crippen LogP contribution in [0.25, 0.3) is 0 Å². The molecule has 0 aromatic carbocycles. The minimum atomic E-state index is -0.844. The van der Waals surface area contributed by atoms with E-state index in [-0.39, 0.29) is 29.2 Å². The van der Waals surface area contributed by atoms with Crippen molar-refractivity contribution in [2.75, 3.05) is 12.9 Å². The Bertz CT molecular complexity index is 528. The average Bonchev–Trinajstić information content (AvgIpc) is 2.79. The van der Waals surface area contributed by atoms with Gasteiger partial charge < -0.3 is 14.4 Å². The fourth-order valence-electron chi connectivity index (χ4n) is 2.90. The number of aromatic nitrogens is 3. The Labute approximate surface area is 129 Å². The molecule has 2 unspecified atom stereocenters. The Morgan fingerprint density at radius 2 is 2.19 bits per heavy atom. The molecule has 1 saturated carbocycles. The smallest absolute Gasteiger partial charge is 0.313 e. The second-order valence-electron chi connectivity index (χ2n) is 6.35. The number of hydrogen-bond acceptors (Lipinski definition) is 5. The first-order chi connectivity index (χ1) is 9.78. The largest absolute Gasteiger partial charge is 0.481 e. The van der Waals surface area contributed by atoms with Gasteiger partial charge in [-0.1, -0.05) is 39.5 Å². The molecule has 1 aliphatic rings. The Morgan fingerprint density at radius 3 is 2.67 bits per heavy atom. The fraction of sp³-hybridized carbons (Fsp3) is 0.786. The van der Waals surface area contributed by atoms with Crippen LogP contribution >= 0.6 is 11.8 Å². The van der Waals surface area contributed by atoms with Crippen molar-refractivity contribution in [1.29, 1.82) is 0 Å². The summed E-state index contributed by atoms with van der Waals surface area (Å²) in [6.45, 7) is 8.49. The second kappa shape index (κ2) is 5.96. The normalized spacial score (nSPS) is 24.1. The number of carboxylic acids is 1. The van der Waals surface area contributed by atoms with Gasteiger partial charge in [0.05, 0.1) is 11.9 Å². The van der Waals surface area contributed by atoms with E-state index in [1.807, 2.05) is 0 Å². The van der Waals surface area contributed by atoms with E-state index < -0.39 is 5.97 Å². The molecule has 21 heavy (non-hydrogen) atoms. The third kappa shape index (κ3) is 2.94. The summed E-state index contributed by atoms with van der Waals surface area (Å²) in [4.78, 5) is 10.8. The zero-order valence-electron chi connectivity index (χ0n) is 13.2. The number of ether oxygens (including phenoxy) is 1. The topological polar surface area (TPSA) is 77.2 Å². The van der Waals surface area contributed by atoms with Crippen molar-refractivity contribution in [2.45, 2.75) is 57.3 Å². The molecule has 1 heterocycles. The third-order valence-electron chi connectivity index (χ3n) is 4.25. The van der Waals surface area contributed by atoms with Crippen LogP contribution in [-0.2, 0) is 9.53 Å². The number of hydrogen-bond donors (Lipinski definition) is 1. The van der Waals surface area contributed by atoms with Gasteiger partial charge in [-0.25, -0.2) is 0 Å². The van der Waals surface area contributed by atoms with Crippen molar-refractivity contribution >= 4 is 17.7 Å². The highest BCUT2D eigenvalue weighted by molar-refractivity contribution is 7.99. The summed E-state index contributed by atoms with van der Waals surface area (Å²) >= 11 is 1.23. The van der Waals surface area contributed by atoms with Crippen molar-refractivity contribution in [1.82, 2.24) is 14.8 Å². The van der Waals surface area contributed by atoms with E-state index in [4.69, 9.17) is 9.84 Å². The standard InChI is InChI=1S/C14H23N3O3S/c1-8(2)12-15-16-13(21-7-11(18)19)17(12)9-6-10(20-5)14(9,3)4/h8-10H,6-7H2,1-5H3,(H,18,19). The SMILES string of the molecule is COC1CC(n2c(SCC(=O)O)nnc2C(C)C)C1(C)C. The van der Waals surface area contributed by atoms with E-state index in [0.717, 1.165) is 12.2 Å². The molecule has 0 spiro atoms. The van der Waals surface area contributed by atoms with Crippen LogP contribution in [0.2, 0.25) is 0 Å². The molecule has 1 aromatic heterocycles.